The predicted molar refractivity (Wildman–Crippen MR) is 113 cm³/mol. The minimum Gasteiger partial charge on any atom is -0.507 e. The summed E-state index contributed by atoms with van der Waals surface area (Å²) in [5.41, 5.74) is 1.60. The van der Waals surface area contributed by atoms with E-state index in [1.54, 1.807) is 16.8 Å². The summed E-state index contributed by atoms with van der Waals surface area (Å²) in [6.45, 7) is 1.50. The first-order valence-electron chi connectivity index (χ1n) is 8.80. The van der Waals surface area contributed by atoms with E-state index in [1.807, 2.05) is 32.3 Å². The SMILES string of the molecule is CN(C)CCCOc1ccc2c(C#N)cn(-c3ccc(C(=O)O)c(O)c3)c2c1.Cl. The van der Waals surface area contributed by atoms with Gasteiger partial charge in [0.1, 0.15) is 23.1 Å². The van der Waals surface area contributed by atoms with Gasteiger partial charge in [-0.25, -0.2) is 4.79 Å². The minimum absolute atomic E-state index is 0. The van der Waals surface area contributed by atoms with Crippen molar-refractivity contribution < 1.29 is 19.7 Å². The van der Waals surface area contributed by atoms with Crippen molar-refractivity contribution in [2.45, 2.75) is 6.42 Å². The van der Waals surface area contributed by atoms with Crippen LogP contribution in [-0.4, -0.2) is 52.9 Å². The quantitative estimate of drug-likeness (QED) is 0.571. The number of hydrogen-bond acceptors (Lipinski definition) is 5. The molecule has 3 rings (SSSR count). The molecular weight excluding hydrogens is 394 g/mol. The number of nitriles is 1. The second-order valence-corrected chi connectivity index (χ2v) is 6.72. The highest BCUT2D eigenvalue weighted by Crippen LogP contribution is 2.30. The van der Waals surface area contributed by atoms with Gasteiger partial charge in [0.2, 0.25) is 0 Å². The number of hydrogen-bond donors (Lipinski definition) is 2. The number of halogens is 1. The summed E-state index contributed by atoms with van der Waals surface area (Å²) < 4.78 is 7.56. The molecule has 1 aromatic heterocycles. The first-order chi connectivity index (χ1) is 13.4. The Morgan fingerprint density at radius 3 is 2.62 bits per heavy atom. The molecule has 29 heavy (non-hydrogen) atoms. The topological polar surface area (TPSA) is 98.7 Å². The summed E-state index contributed by atoms with van der Waals surface area (Å²) in [7, 11) is 4.01. The van der Waals surface area contributed by atoms with Crippen LogP contribution in [0.2, 0.25) is 0 Å². The normalized spacial score (nSPS) is 10.6. The second kappa shape index (κ2) is 9.32. The fraction of sp³-hybridized carbons (Fsp3) is 0.238. The molecule has 0 unspecified atom stereocenters. The van der Waals surface area contributed by atoms with Gasteiger partial charge in [-0.15, -0.1) is 12.4 Å². The fourth-order valence-corrected chi connectivity index (χ4v) is 3.02. The van der Waals surface area contributed by atoms with Gasteiger partial charge in [-0.1, -0.05) is 0 Å². The maximum Gasteiger partial charge on any atom is 0.339 e. The van der Waals surface area contributed by atoms with Crippen LogP contribution in [0.25, 0.3) is 16.6 Å². The van der Waals surface area contributed by atoms with Gasteiger partial charge in [-0.3, -0.25) is 0 Å². The van der Waals surface area contributed by atoms with Gasteiger partial charge >= 0.3 is 5.97 Å². The van der Waals surface area contributed by atoms with Crippen LogP contribution in [0.1, 0.15) is 22.3 Å². The molecule has 2 aromatic carbocycles. The Morgan fingerprint density at radius 2 is 2.00 bits per heavy atom. The first-order valence-corrected chi connectivity index (χ1v) is 8.80. The highest BCUT2D eigenvalue weighted by atomic mass is 35.5. The lowest BCUT2D eigenvalue weighted by Crippen LogP contribution is -2.15. The average molecular weight is 416 g/mol. The molecule has 3 aromatic rings. The number of carbonyl (C=O) groups is 1. The molecule has 0 aliphatic carbocycles. The van der Waals surface area contributed by atoms with Crippen LogP contribution in [0, 0.1) is 11.3 Å². The van der Waals surface area contributed by atoms with Gasteiger partial charge in [0, 0.05) is 35.9 Å². The van der Waals surface area contributed by atoms with Gasteiger partial charge in [-0.2, -0.15) is 5.26 Å². The lowest BCUT2D eigenvalue weighted by molar-refractivity contribution is 0.0693. The third kappa shape index (κ3) is 4.80. The molecule has 0 bridgehead atoms. The van der Waals surface area contributed by atoms with Crippen molar-refractivity contribution in [3.05, 3.63) is 53.7 Å². The van der Waals surface area contributed by atoms with Gasteiger partial charge in [0.05, 0.1) is 17.7 Å². The number of aromatic hydroxyl groups is 1. The molecule has 0 saturated carbocycles. The van der Waals surface area contributed by atoms with Crippen LogP contribution in [0.15, 0.2) is 42.6 Å². The molecule has 2 N–H and O–H groups in total. The van der Waals surface area contributed by atoms with Crippen LogP contribution in [-0.2, 0) is 0 Å². The predicted octanol–water partition coefficient (Wildman–Crippen LogP) is 3.66. The summed E-state index contributed by atoms with van der Waals surface area (Å²) in [4.78, 5) is 13.2. The van der Waals surface area contributed by atoms with Crippen LogP contribution in [0.5, 0.6) is 11.5 Å². The van der Waals surface area contributed by atoms with Crippen molar-refractivity contribution in [3.8, 4) is 23.3 Å². The van der Waals surface area contributed by atoms with Crippen molar-refractivity contribution in [2.24, 2.45) is 0 Å². The molecule has 0 saturated heterocycles. The van der Waals surface area contributed by atoms with E-state index < -0.39 is 5.97 Å². The van der Waals surface area contributed by atoms with Crippen molar-refractivity contribution in [1.82, 2.24) is 9.47 Å². The summed E-state index contributed by atoms with van der Waals surface area (Å²) in [6.07, 6.45) is 2.55. The van der Waals surface area contributed by atoms with Crippen LogP contribution in [0.3, 0.4) is 0 Å². The zero-order valence-corrected chi connectivity index (χ0v) is 16.9. The molecule has 0 aliphatic rings. The number of ether oxygens (including phenoxy) is 1. The van der Waals surface area contributed by atoms with E-state index in [9.17, 15) is 15.2 Å². The first kappa shape index (κ1) is 22.1. The van der Waals surface area contributed by atoms with Crippen molar-refractivity contribution >= 4 is 29.3 Å². The fourth-order valence-electron chi connectivity index (χ4n) is 3.02. The Labute approximate surface area is 174 Å². The number of benzene rings is 2. The Bertz CT molecular complexity index is 1070. The lowest BCUT2D eigenvalue weighted by Gasteiger charge is -2.11. The molecule has 1 heterocycles. The van der Waals surface area contributed by atoms with Crippen LogP contribution in [0.4, 0.5) is 0 Å². The monoisotopic (exact) mass is 415 g/mol. The number of rotatable bonds is 7. The maximum atomic E-state index is 11.1. The second-order valence-electron chi connectivity index (χ2n) is 6.72. The number of phenols is 1. The summed E-state index contributed by atoms with van der Waals surface area (Å²) >= 11 is 0. The maximum absolute atomic E-state index is 11.1. The van der Waals surface area contributed by atoms with Crippen LogP contribution >= 0.6 is 12.4 Å². The molecule has 0 atom stereocenters. The van der Waals surface area contributed by atoms with Gasteiger partial charge in [-0.05, 0) is 44.8 Å². The van der Waals surface area contributed by atoms with E-state index in [1.165, 1.54) is 12.1 Å². The smallest absolute Gasteiger partial charge is 0.339 e. The van der Waals surface area contributed by atoms with E-state index in [-0.39, 0.29) is 23.7 Å². The zero-order valence-electron chi connectivity index (χ0n) is 16.1. The molecule has 0 spiro atoms. The average Bonchev–Trinajstić information content (AvgIpc) is 3.02. The number of aromatic carboxylic acids is 1. The third-order valence-corrected chi connectivity index (χ3v) is 4.41. The standard InChI is InChI=1S/C21H21N3O4.ClH/c1-23(2)8-3-9-28-16-5-7-17-14(12-22)13-24(19(17)11-16)15-4-6-18(21(26)27)20(25)10-15;/h4-7,10-11,13,25H,3,8-9H2,1-2H3,(H,26,27);1H. The highest BCUT2D eigenvalue weighted by Gasteiger charge is 2.14. The van der Waals surface area contributed by atoms with E-state index >= 15 is 0 Å². The molecule has 152 valence electrons. The number of carboxylic acids is 1. The third-order valence-electron chi connectivity index (χ3n) is 4.41. The Kier molecular flexibility index (Phi) is 7.10. The molecule has 8 heteroatoms. The number of fused-ring (bicyclic) bond motifs is 1. The van der Waals surface area contributed by atoms with Crippen molar-refractivity contribution in [2.75, 3.05) is 27.2 Å². The molecule has 0 amide bonds. The van der Waals surface area contributed by atoms with E-state index in [0.717, 1.165) is 23.9 Å². The highest BCUT2D eigenvalue weighted by molar-refractivity contribution is 5.92. The number of aromatic nitrogens is 1. The zero-order chi connectivity index (χ0) is 20.3. The Morgan fingerprint density at radius 1 is 1.24 bits per heavy atom. The van der Waals surface area contributed by atoms with Gasteiger partial charge in [0.15, 0.2) is 0 Å². The summed E-state index contributed by atoms with van der Waals surface area (Å²) in [5, 5.41) is 29.3. The summed E-state index contributed by atoms with van der Waals surface area (Å²) in [5.74, 6) is -0.851. The minimum atomic E-state index is -1.20. The number of nitrogens with zero attached hydrogens (tertiary/aromatic N) is 3. The van der Waals surface area contributed by atoms with Crippen molar-refractivity contribution in [1.29, 1.82) is 5.26 Å². The van der Waals surface area contributed by atoms with Gasteiger partial charge < -0.3 is 24.4 Å². The largest absolute Gasteiger partial charge is 0.507 e. The lowest BCUT2D eigenvalue weighted by atomic mass is 10.1. The van der Waals surface area contributed by atoms with Crippen LogP contribution < -0.4 is 4.74 Å². The molecular formula is C21H22ClN3O4. The van der Waals surface area contributed by atoms with E-state index in [2.05, 4.69) is 11.0 Å². The molecule has 0 fully saturated rings. The molecule has 7 nitrogen and oxygen atoms in total. The molecule has 0 aliphatic heterocycles. The Balaban J connectivity index is 0.00000300. The number of carboxylic acid groups (broad SMARTS) is 1. The van der Waals surface area contributed by atoms with Crippen molar-refractivity contribution in [3.63, 3.8) is 0 Å². The molecule has 0 radical (unpaired) electrons. The summed E-state index contributed by atoms with van der Waals surface area (Å²) in [6, 6.07) is 12.0. The van der Waals surface area contributed by atoms with E-state index in [4.69, 9.17) is 9.84 Å². The van der Waals surface area contributed by atoms with Gasteiger partial charge in [0.25, 0.3) is 0 Å². The van der Waals surface area contributed by atoms with E-state index in [0.29, 0.717) is 23.6 Å². The Hall–Kier alpha value is -3.21.